The summed E-state index contributed by atoms with van der Waals surface area (Å²) in [7, 11) is 0. The summed E-state index contributed by atoms with van der Waals surface area (Å²) in [5, 5.41) is 6.55. The zero-order chi connectivity index (χ0) is 13.2. The third kappa shape index (κ3) is 2.08. The van der Waals surface area contributed by atoms with Gasteiger partial charge in [-0.05, 0) is 18.2 Å². The third-order valence-corrected chi connectivity index (χ3v) is 2.57. The Labute approximate surface area is 106 Å². The van der Waals surface area contributed by atoms with Gasteiger partial charge in [-0.1, -0.05) is 5.16 Å². The van der Waals surface area contributed by atoms with Gasteiger partial charge in [0.15, 0.2) is 5.69 Å². The molecule has 0 saturated heterocycles. The summed E-state index contributed by atoms with van der Waals surface area (Å²) in [5.74, 6) is -0.409. The van der Waals surface area contributed by atoms with Gasteiger partial charge in [-0.15, -0.1) is 0 Å². The van der Waals surface area contributed by atoms with Gasteiger partial charge in [0.05, 0.1) is 17.2 Å². The fraction of sp³-hybridized carbons (Fsp3) is 0. The molecule has 19 heavy (non-hydrogen) atoms. The molecule has 0 aliphatic rings. The van der Waals surface area contributed by atoms with E-state index in [1.54, 1.807) is 18.2 Å². The molecular weight excluding hydrogens is 248 g/mol. The molecule has 3 rings (SSSR count). The zero-order valence-corrected chi connectivity index (χ0v) is 9.58. The van der Waals surface area contributed by atoms with Crippen LogP contribution in [0.15, 0.2) is 46.2 Å². The monoisotopic (exact) mass is 256 g/mol. The van der Waals surface area contributed by atoms with E-state index in [4.69, 9.17) is 0 Å². The van der Waals surface area contributed by atoms with E-state index >= 15 is 0 Å². The topological polar surface area (TPSA) is 101 Å². The molecule has 1 aromatic carbocycles. The summed E-state index contributed by atoms with van der Waals surface area (Å²) in [5.41, 5.74) is 0.949. The van der Waals surface area contributed by atoms with Crippen molar-refractivity contribution in [1.82, 2.24) is 15.1 Å². The van der Waals surface area contributed by atoms with Crippen LogP contribution >= 0.6 is 0 Å². The molecule has 0 unspecified atom stereocenters. The van der Waals surface area contributed by atoms with E-state index in [0.29, 0.717) is 16.6 Å². The summed E-state index contributed by atoms with van der Waals surface area (Å²) in [6.45, 7) is 0. The molecule has 0 atom stereocenters. The van der Waals surface area contributed by atoms with Crippen molar-refractivity contribution >= 4 is 22.5 Å². The highest BCUT2D eigenvalue weighted by molar-refractivity contribution is 6.03. The Balaban J connectivity index is 1.96. The summed E-state index contributed by atoms with van der Waals surface area (Å²) in [6, 6.07) is 6.32. The molecule has 0 fully saturated rings. The summed E-state index contributed by atoms with van der Waals surface area (Å²) < 4.78 is 4.59. The van der Waals surface area contributed by atoms with Crippen molar-refractivity contribution in [2.45, 2.75) is 0 Å². The Morgan fingerprint density at radius 2 is 2.21 bits per heavy atom. The lowest BCUT2D eigenvalue weighted by atomic mass is 10.2. The number of hydrogen-bond donors (Lipinski definition) is 2. The van der Waals surface area contributed by atoms with Crippen LogP contribution in [0, 0.1) is 0 Å². The van der Waals surface area contributed by atoms with Crippen molar-refractivity contribution in [1.29, 1.82) is 0 Å². The Bertz CT molecular complexity index is 792. The van der Waals surface area contributed by atoms with E-state index in [1.807, 2.05) is 0 Å². The lowest BCUT2D eigenvalue weighted by Crippen LogP contribution is -2.13. The number of nitrogens with one attached hydrogen (secondary N) is 2. The molecule has 2 heterocycles. The molecule has 3 aromatic rings. The molecule has 0 saturated carbocycles. The van der Waals surface area contributed by atoms with Crippen molar-refractivity contribution < 1.29 is 9.32 Å². The number of H-pyrrole nitrogens is 1. The molecule has 0 radical (unpaired) electrons. The second-order valence-electron chi connectivity index (χ2n) is 3.80. The van der Waals surface area contributed by atoms with Crippen molar-refractivity contribution in [3.63, 3.8) is 0 Å². The van der Waals surface area contributed by atoms with Crippen LogP contribution in [0.1, 0.15) is 10.5 Å². The van der Waals surface area contributed by atoms with Gasteiger partial charge in [-0.3, -0.25) is 9.59 Å². The predicted molar refractivity (Wildman–Crippen MR) is 66.8 cm³/mol. The van der Waals surface area contributed by atoms with E-state index in [-0.39, 0.29) is 11.3 Å². The van der Waals surface area contributed by atoms with Gasteiger partial charge in [0.1, 0.15) is 6.26 Å². The molecule has 2 aromatic heterocycles. The van der Waals surface area contributed by atoms with Crippen LogP contribution in [0.3, 0.4) is 0 Å². The number of rotatable bonds is 2. The Hall–Kier alpha value is -2.96. The number of anilines is 1. The Morgan fingerprint density at radius 1 is 1.32 bits per heavy atom. The minimum absolute atomic E-state index is 0.167. The predicted octanol–water partition coefficient (Wildman–Crippen LogP) is 1.16. The summed E-state index contributed by atoms with van der Waals surface area (Å²) >= 11 is 0. The minimum Gasteiger partial charge on any atom is -0.364 e. The molecule has 2 N–H and O–H groups in total. The second-order valence-corrected chi connectivity index (χ2v) is 3.80. The molecule has 94 valence electrons. The minimum atomic E-state index is -0.409. The highest BCUT2D eigenvalue weighted by Gasteiger charge is 2.10. The second kappa shape index (κ2) is 4.37. The quantitative estimate of drug-likeness (QED) is 0.716. The van der Waals surface area contributed by atoms with Gasteiger partial charge in [-0.25, -0.2) is 4.98 Å². The van der Waals surface area contributed by atoms with Crippen LogP contribution in [0.2, 0.25) is 0 Å². The largest absolute Gasteiger partial charge is 0.364 e. The van der Waals surface area contributed by atoms with E-state index in [9.17, 15) is 9.59 Å². The lowest BCUT2D eigenvalue weighted by Gasteiger charge is -2.03. The number of aromatic nitrogens is 3. The van der Waals surface area contributed by atoms with Gasteiger partial charge in [0, 0.05) is 11.8 Å². The normalized spacial score (nSPS) is 10.5. The third-order valence-electron chi connectivity index (χ3n) is 2.57. The fourth-order valence-electron chi connectivity index (χ4n) is 1.67. The Kier molecular flexibility index (Phi) is 2.57. The molecule has 7 heteroatoms. The lowest BCUT2D eigenvalue weighted by molar-refractivity contribution is 0.101. The van der Waals surface area contributed by atoms with E-state index < -0.39 is 5.91 Å². The zero-order valence-electron chi connectivity index (χ0n) is 9.58. The van der Waals surface area contributed by atoms with Crippen LogP contribution in [0.5, 0.6) is 0 Å². The molecule has 0 bridgehead atoms. The van der Waals surface area contributed by atoms with Gasteiger partial charge < -0.3 is 14.8 Å². The smallest absolute Gasteiger partial charge is 0.277 e. The molecule has 0 aliphatic carbocycles. The van der Waals surface area contributed by atoms with Crippen molar-refractivity contribution in [2.24, 2.45) is 0 Å². The first-order valence-electron chi connectivity index (χ1n) is 5.43. The molecular formula is C12H8N4O3. The van der Waals surface area contributed by atoms with Gasteiger partial charge in [0.2, 0.25) is 0 Å². The number of carbonyl (C=O) groups excluding carboxylic acids is 1. The number of fused-ring (bicyclic) bond motifs is 1. The van der Waals surface area contributed by atoms with Crippen LogP contribution in [0.4, 0.5) is 5.69 Å². The number of carbonyl (C=O) groups is 1. The van der Waals surface area contributed by atoms with Crippen molar-refractivity contribution in [3.8, 4) is 0 Å². The van der Waals surface area contributed by atoms with Crippen LogP contribution < -0.4 is 10.9 Å². The first-order chi connectivity index (χ1) is 9.24. The number of hydrogen-bond acceptors (Lipinski definition) is 5. The average Bonchev–Trinajstić information content (AvgIpc) is 2.94. The van der Waals surface area contributed by atoms with E-state index in [2.05, 4.69) is 25.0 Å². The summed E-state index contributed by atoms with van der Waals surface area (Å²) in [6.07, 6.45) is 2.64. The molecule has 1 amide bonds. The van der Waals surface area contributed by atoms with E-state index in [0.717, 1.165) is 0 Å². The first-order valence-corrected chi connectivity index (χ1v) is 5.43. The van der Waals surface area contributed by atoms with Gasteiger partial charge in [-0.2, -0.15) is 0 Å². The maximum atomic E-state index is 11.8. The highest BCUT2D eigenvalue weighted by Crippen LogP contribution is 2.14. The van der Waals surface area contributed by atoms with Gasteiger partial charge in [0.25, 0.3) is 11.5 Å². The maximum absolute atomic E-state index is 11.8. The summed E-state index contributed by atoms with van der Waals surface area (Å²) in [4.78, 5) is 29.9. The van der Waals surface area contributed by atoms with Crippen LogP contribution in [0.25, 0.3) is 10.9 Å². The number of nitrogens with zero attached hydrogens (tertiary/aromatic N) is 2. The van der Waals surface area contributed by atoms with Gasteiger partial charge >= 0.3 is 0 Å². The SMILES string of the molecule is O=C(Nc1ccc2nc[nH]c(=O)c2c1)c1ccon1. The fourth-order valence-corrected chi connectivity index (χ4v) is 1.67. The Morgan fingerprint density at radius 3 is 3.00 bits per heavy atom. The van der Waals surface area contributed by atoms with Crippen LogP contribution in [-0.4, -0.2) is 21.0 Å². The van der Waals surface area contributed by atoms with Crippen LogP contribution in [-0.2, 0) is 0 Å². The average molecular weight is 256 g/mol. The number of benzene rings is 1. The molecule has 0 spiro atoms. The number of aromatic amines is 1. The number of amides is 1. The highest BCUT2D eigenvalue weighted by atomic mass is 16.5. The first kappa shape index (κ1) is 11.1. The maximum Gasteiger partial charge on any atom is 0.277 e. The molecule has 0 aliphatic heterocycles. The van der Waals surface area contributed by atoms with Crippen molar-refractivity contribution in [3.05, 3.63) is 52.9 Å². The van der Waals surface area contributed by atoms with E-state index in [1.165, 1.54) is 18.7 Å². The standard InChI is InChI=1S/C12H8N4O3/c17-11-8-5-7(1-2-9(8)13-6-14-11)15-12(18)10-3-4-19-16-10/h1-6H,(H,15,18)(H,13,14,17). The molecule has 7 nitrogen and oxygen atoms in total. The van der Waals surface area contributed by atoms with Crippen molar-refractivity contribution in [2.75, 3.05) is 5.32 Å².